The van der Waals surface area contributed by atoms with Crippen molar-refractivity contribution in [3.63, 3.8) is 0 Å². The molecule has 0 radical (unpaired) electrons. The van der Waals surface area contributed by atoms with E-state index in [0.29, 0.717) is 6.42 Å². The number of nitrogens with zero attached hydrogens (tertiary/aromatic N) is 1. The molecule has 0 saturated heterocycles. The normalized spacial score (nSPS) is 10.8. The molecule has 5 heteroatoms. The number of amides is 1. The zero-order chi connectivity index (χ0) is 20.2. The second-order valence-corrected chi connectivity index (χ2v) is 8.05. The van der Waals surface area contributed by atoms with E-state index in [9.17, 15) is 4.79 Å². The molecule has 0 aliphatic carbocycles. The Morgan fingerprint density at radius 1 is 1.03 bits per heavy atom. The maximum absolute atomic E-state index is 12.5. The van der Waals surface area contributed by atoms with Crippen molar-refractivity contribution < 1.29 is 9.53 Å². The highest BCUT2D eigenvalue weighted by molar-refractivity contribution is 7.11. The number of hydrogen-bond acceptors (Lipinski definition) is 4. The molecule has 4 aromatic rings. The first-order valence-electron chi connectivity index (χ1n) is 9.48. The van der Waals surface area contributed by atoms with Crippen LogP contribution in [0.5, 0.6) is 5.75 Å². The maximum Gasteiger partial charge on any atom is 0.229 e. The minimum absolute atomic E-state index is 0.0429. The van der Waals surface area contributed by atoms with Crippen LogP contribution in [0.15, 0.2) is 66.7 Å². The fourth-order valence-electron chi connectivity index (χ4n) is 3.36. The van der Waals surface area contributed by atoms with Crippen molar-refractivity contribution >= 4 is 33.7 Å². The van der Waals surface area contributed by atoms with Gasteiger partial charge in [-0.05, 0) is 47.5 Å². The highest BCUT2D eigenvalue weighted by Crippen LogP contribution is 2.26. The molecule has 1 heterocycles. The largest absolute Gasteiger partial charge is 0.497 e. The first kappa shape index (κ1) is 19.2. The molecule has 4 nitrogen and oxygen atoms in total. The van der Waals surface area contributed by atoms with Crippen LogP contribution < -0.4 is 10.1 Å². The van der Waals surface area contributed by atoms with Gasteiger partial charge < -0.3 is 10.1 Å². The fraction of sp³-hybridized carbons (Fsp3) is 0.167. The Balaban J connectivity index is 1.46. The summed E-state index contributed by atoms with van der Waals surface area (Å²) in [7, 11) is 1.62. The van der Waals surface area contributed by atoms with Crippen LogP contribution in [0.25, 0.3) is 10.8 Å². The van der Waals surface area contributed by atoms with Crippen molar-refractivity contribution in [3.8, 4) is 5.75 Å². The van der Waals surface area contributed by atoms with Gasteiger partial charge in [-0.15, -0.1) is 11.3 Å². The van der Waals surface area contributed by atoms with Gasteiger partial charge >= 0.3 is 0 Å². The molecule has 0 aliphatic rings. The molecule has 29 heavy (non-hydrogen) atoms. The van der Waals surface area contributed by atoms with Gasteiger partial charge in [0.1, 0.15) is 5.75 Å². The summed E-state index contributed by atoms with van der Waals surface area (Å²) in [6, 6.07) is 22.1. The fourth-order valence-corrected chi connectivity index (χ4v) is 4.45. The minimum atomic E-state index is -0.0429. The van der Waals surface area contributed by atoms with Gasteiger partial charge in [0.15, 0.2) is 0 Å². The Morgan fingerprint density at radius 3 is 2.59 bits per heavy atom. The molecule has 3 aromatic carbocycles. The summed E-state index contributed by atoms with van der Waals surface area (Å²) in [5, 5.41) is 6.46. The van der Waals surface area contributed by atoms with Crippen LogP contribution >= 0.6 is 11.3 Å². The number of fused-ring (bicyclic) bond motifs is 1. The lowest BCUT2D eigenvalue weighted by molar-refractivity contribution is -0.115. The van der Waals surface area contributed by atoms with E-state index in [2.05, 4.69) is 47.8 Å². The molecule has 0 saturated carbocycles. The van der Waals surface area contributed by atoms with Crippen LogP contribution in [-0.2, 0) is 17.6 Å². The molecule has 146 valence electrons. The van der Waals surface area contributed by atoms with E-state index in [1.807, 2.05) is 31.2 Å². The van der Waals surface area contributed by atoms with E-state index >= 15 is 0 Å². The van der Waals surface area contributed by atoms with Crippen LogP contribution in [-0.4, -0.2) is 18.0 Å². The van der Waals surface area contributed by atoms with Crippen molar-refractivity contribution in [2.45, 2.75) is 19.8 Å². The van der Waals surface area contributed by atoms with Crippen LogP contribution in [0.1, 0.15) is 21.1 Å². The molecule has 0 aliphatic heterocycles. The Kier molecular flexibility index (Phi) is 5.58. The lowest BCUT2D eigenvalue weighted by atomic mass is 10.0. The number of thiazole rings is 1. The monoisotopic (exact) mass is 402 g/mol. The number of methoxy groups -OCH3 is 1. The molecule has 0 atom stereocenters. The number of hydrogen-bond donors (Lipinski definition) is 1. The molecule has 1 aromatic heterocycles. The quantitative estimate of drug-likeness (QED) is 0.471. The van der Waals surface area contributed by atoms with Gasteiger partial charge in [0, 0.05) is 17.0 Å². The Morgan fingerprint density at radius 2 is 1.79 bits per heavy atom. The lowest BCUT2D eigenvalue weighted by Crippen LogP contribution is -2.14. The zero-order valence-electron chi connectivity index (χ0n) is 16.4. The van der Waals surface area contributed by atoms with Crippen molar-refractivity contribution in [2.24, 2.45) is 0 Å². The summed E-state index contributed by atoms with van der Waals surface area (Å²) < 4.78 is 5.14. The Labute approximate surface area is 174 Å². The summed E-state index contributed by atoms with van der Waals surface area (Å²) in [5.41, 5.74) is 2.94. The van der Waals surface area contributed by atoms with Crippen LogP contribution in [0.4, 0.5) is 5.69 Å². The van der Waals surface area contributed by atoms with Crippen LogP contribution in [0.3, 0.4) is 0 Å². The van der Waals surface area contributed by atoms with Crippen molar-refractivity contribution in [1.82, 2.24) is 4.98 Å². The van der Waals surface area contributed by atoms with E-state index < -0.39 is 0 Å². The number of benzene rings is 3. The Hall–Kier alpha value is -3.18. The SMILES string of the molecule is COc1ccc(NC(=O)Cc2sc(Cc3cccc4ccccc34)nc2C)cc1. The Bertz CT molecular complexity index is 1140. The van der Waals surface area contributed by atoms with Crippen molar-refractivity contribution in [2.75, 3.05) is 12.4 Å². The smallest absolute Gasteiger partial charge is 0.229 e. The van der Waals surface area contributed by atoms with Gasteiger partial charge in [-0.2, -0.15) is 0 Å². The zero-order valence-corrected chi connectivity index (χ0v) is 17.3. The average Bonchev–Trinajstić information content (AvgIpc) is 3.07. The molecular formula is C24H22N2O2S. The molecule has 0 fully saturated rings. The first-order chi connectivity index (χ1) is 14.1. The molecule has 0 spiro atoms. The molecule has 0 bridgehead atoms. The van der Waals surface area contributed by atoms with Gasteiger partial charge in [-0.1, -0.05) is 42.5 Å². The molecule has 4 rings (SSSR count). The number of carbonyl (C=O) groups is 1. The van der Waals surface area contributed by atoms with Gasteiger partial charge in [0.25, 0.3) is 0 Å². The van der Waals surface area contributed by atoms with Crippen LogP contribution in [0, 0.1) is 6.92 Å². The number of nitrogens with one attached hydrogen (secondary N) is 1. The number of rotatable bonds is 6. The van der Waals surface area contributed by atoms with E-state index in [1.165, 1.54) is 16.3 Å². The second kappa shape index (κ2) is 8.45. The van der Waals surface area contributed by atoms with Gasteiger partial charge in [-0.3, -0.25) is 4.79 Å². The number of aryl methyl sites for hydroxylation is 1. The van der Waals surface area contributed by atoms with E-state index in [1.54, 1.807) is 18.4 Å². The number of carbonyl (C=O) groups excluding carboxylic acids is 1. The predicted octanol–water partition coefficient (Wildman–Crippen LogP) is 5.39. The third kappa shape index (κ3) is 4.46. The second-order valence-electron chi connectivity index (χ2n) is 6.88. The highest BCUT2D eigenvalue weighted by Gasteiger charge is 2.13. The molecule has 0 unspecified atom stereocenters. The van der Waals surface area contributed by atoms with E-state index in [4.69, 9.17) is 9.72 Å². The number of aromatic nitrogens is 1. The standard InChI is InChI=1S/C24H22N2O2S/c1-16-22(15-23(27)26-19-10-12-20(28-2)13-11-19)29-24(25-16)14-18-8-5-7-17-6-3-4-9-21(17)18/h3-13H,14-15H2,1-2H3,(H,26,27). The molecule has 1 N–H and O–H groups in total. The predicted molar refractivity (Wildman–Crippen MR) is 119 cm³/mol. The van der Waals surface area contributed by atoms with Crippen LogP contribution in [0.2, 0.25) is 0 Å². The molecule has 1 amide bonds. The number of anilines is 1. The summed E-state index contributed by atoms with van der Waals surface area (Å²) in [5.74, 6) is 0.720. The van der Waals surface area contributed by atoms with E-state index in [-0.39, 0.29) is 5.91 Å². The lowest BCUT2D eigenvalue weighted by Gasteiger charge is -2.06. The summed E-state index contributed by atoms with van der Waals surface area (Å²) >= 11 is 1.62. The highest BCUT2D eigenvalue weighted by atomic mass is 32.1. The van der Waals surface area contributed by atoms with Gasteiger partial charge in [0.05, 0.1) is 24.2 Å². The van der Waals surface area contributed by atoms with Crippen molar-refractivity contribution in [3.05, 3.63) is 87.9 Å². The third-order valence-corrected chi connectivity index (χ3v) is 6.01. The topological polar surface area (TPSA) is 51.2 Å². The minimum Gasteiger partial charge on any atom is -0.497 e. The summed E-state index contributed by atoms with van der Waals surface area (Å²) in [6.07, 6.45) is 1.10. The third-order valence-electron chi connectivity index (χ3n) is 4.85. The first-order valence-corrected chi connectivity index (χ1v) is 10.3. The van der Waals surface area contributed by atoms with E-state index in [0.717, 1.165) is 33.4 Å². The summed E-state index contributed by atoms with van der Waals surface area (Å²) in [6.45, 7) is 1.97. The summed E-state index contributed by atoms with van der Waals surface area (Å²) in [4.78, 5) is 18.2. The number of ether oxygens (including phenoxy) is 1. The molecular weight excluding hydrogens is 380 g/mol. The maximum atomic E-state index is 12.5. The van der Waals surface area contributed by atoms with Crippen molar-refractivity contribution in [1.29, 1.82) is 0 Å². The van der Waals surface area contributed by atoms with Gasteiger partial charge in [-0.25, -0.2) is 4.98 Å². The average molecular weight is 403 g/mol. The van der Waals surface area contributed by atoms with Gasteiger partial charge in [0.2, 0.25) is 5.91 Å².